The molecule has 2 aromatic carbocycles. The maximum atomic E-state index is 13.3. The summed E-state index contributed by atoms with van der Waals surface area (Å²) in [5, 5.41) is 7.10. The van der Waals surface area contributed by atoms with Gasteiger partial charge < -0.3 is 15.0 Å². The van der Waals surface area contributed by atoms with Crippen molar-refractivity contribution in [2.75, 3.05) is 25.0 Å². The third-order valence-electron chi connectivity index (χ3n) is 6.43. The molecule has 1 aliphatic rings. The second kappa shape index (κ2) is 10.7. The van der Waals surface area contributed by atoms with Gasteiger partial charge in [-0.3, -0.25) is 14.3 Å². The summed E-state index contributed by atoms with van der Waals surface area (Å²) in [4.78, 5) is 26.7. The molecule has 37 heavy (non-hydrogen) atoms. The predicted octanol–water partition coefficient (Wildman–Crippen LogP) is 5.32. The van der Waals surface area contributed by atoms with Gasteiger partial charge in [0.1, 0.15) is 5.75 Å². The van der Waals surface area contributed by atoms with E-state index in [1.807, 2.05) is 32.9 Å². The van der Waals surface area contributed by atoms with Gasteiger partial charge >= 0.3 is 6.18 Å². The van der Waals surface area contributed by atoms with Gasteiger partial charge in [0.2, 0.25) is 0 Å². The van der Waals surface area contributed by atoms with Gasteiger partial charge in [-0.2, -0.15) is 18.3 Å². The number of alkyl halides is 3. The summed E-state index contributed by atoms with van der Waals surface area (Å²) in [6, 6.07) is 8.80. The maximum absolute atomic E-state index is 13.3. The van der Waals surface area contributed by atoms with Gasteiger partial charge in [-0.05, 0) is 56.9 Å². The van der Waals surface area contributed by atoms with Gasteiger partial charge in [-0.1, -0.05) is 29.8 Å². The molecular formula is C27H29F3N4O3. The molecule has 196 valence electrons. The van der Waals surface area contributed by atoms with Crippen LogP contribution in [0.2, 0.25) is 0 Å². The molecule has 0 radical (unpaired) electrons. The highest BCUT2D eigenvalue weighted by Gasteiger charge is 2.36. The molecule has 4 rings (SSSR count). The zero-order valence-corrected chi connectivity index (χ0v) is 20.9. The maximum Gasteiger partial charge on any atom is 0.417 e. The van der Waals surface area contributed by atoms with Crippen molar-refractivity contribution >= 4 is 17.5 Å². The Kier molecular flexibility index (Phi) is 7.56. The van der Waals surface area contributed by atoms with Crippen LogP contribution in [0.3, 0.4) is 0 Å². The van der Waals surface area contributed by atoms with Crippen LogP contribution in [0.15, 0.2) is 48.8 Å². The second-order valence-electron chi connectivity index (χ2n) is 9.34. The molecule has 2 amide bonds. The van der Waals surface area contributed by atoms with Crippen molar-refractivity contribution in [2.45, 2.75) is 45.8 Å². The minimum Gasteiger partial charge on any atom is -0.483 e. The molecule has 2 heterocycles. The Morgan fingerprint density at radius 1 is 1.08 bits per heavy atom. The quantitative estimate of drug-likeness (QED) is 0.483. The van der Waals surface area contributed by atoms with Crippen molar-refractivity contribution in [3.05, 3.63) is 76.6 Å². The van der Waals surface area contributed by atoms with E-state index in [4.69, 9.17) is 4.74 Å². The van der Waals surface area contributed by atoms with Crippen molar-refractivity contribution < 1.29 is 27.5 Å². The fourth-order valence-corrected chi connectivity index (χ4v) is 4.75. The number of aromatic nitrogens is 2. The van der Waals surface area contributed by atoms with Crippen LogP contribution in [0.5, 0.6) is 5.75 Å². The molecular weight excluding hydrogens is 485 g/mol. The van der Waals surface area contributed by atoms with Gasteiger partial charge in [0.05, 0.1) is 29.1 Å². The van der Waals surface area contributed by atoms with Crippen molar-refractivity contribution in [1.29, 1.82) is 0 Å². The number of anilines is 1. The van der Waals surface area contributed by atoms with E-state index >= 15 is 0 Å². The first kappa shape index (κ1) is 26.2. The van der Waals surface area contributed by atoms with Crippen LogP contribution in [0.4, 0.5) is 18.9 Å². The zero-order chi connectivity index (χ0) is 26.7. The van der Waals surface area contributed by atoms with Crippen LogP contribution in [0.25, 0.3) is 0 Å². The number of halogens is 3. The smallest absolute Gasteiger partial charge is 0.417 e. The average Bonchev–Trinajstić information content (AvgIpc) is 3.31. The average molecular weight is 515 g/mol. The molecule has 0 unspecified atom stereocenters. The minimum atomic E-state index is -4.59. The van der Waals surface area contributed by atoms with Crippen LogP contribution in [0, 0.1) is 20.8 Å². The Morgan fingerprint density at radius 2 is 1.73 bits per heavy atom. The van der Waals surface area contributed by atoms with Gasteiger partial charge in [0, 0.05) is 19.3 Å². The van der Waals surface area contributed by atoms with E-state index < -0.39 is 17.6 Å². The molecule has 1 N–H and O–H groups in total. The van der Waals surface area contributed by atoms with Crippen LogP contribution in [0.1, 0.15) is 51.5 Å². The van der Waals surface area contributed by atoms with Gasteiger partial charge in [0.15, 0.2) is 6.61 Å². The van der Waals surface area contributed by atoms with E-state index in [0.29, 0.717) is 37.4 Å². The van der Waals surface area contributed by atoms with Crippen LogP contribution in [-0.4, -0.2) is 46.2 Å². The fourth-order valence-electron chi connectivity index (χ4n) is 4.75. The number of likely N-dealkylation sites (tertiary alicyclic amines) is 1. The summed E-state index contributed by atoms with van der Waals surface area (Å²) in [6.07, 6.45) is -0.282. The predicted molar refractivity (Wildman–Crippen MR) is 133 cm³/mol. The largest absolute Gasteiger partial charge is 0.483 e. The number of carbonyl (C=O) groups is 2. The summed E-state index contributed by atoms with van der Waals surface area (Å²) < 4.78 is 47.4. The summed E-state index contributed by atoms with van der Waals surface area (Å²) in [6.45, 7) is 6.34. The molecule has 10 heteroatoms. The van der Waals surface area contributed by atoms with E-state index in [9.17, 15) is 22.8 Å². The lowest BCUT2D eigenvalue weighted by Gasteiger charge is -2.32. The second-order valence-corrected chi connectivity index (χ2v) is 9.34. The fraction of sp³-hybridized carbons (Fsp3) is 0.370. The SMILES string of the molecule is Cc1cc(C)c(OCC(=O)Nc2cnn(C3CCN(C(=O)c4ccccc4C(F)(F)F)CC3)c2)c(C)c1. The molecule has 0 saturated carbocycles. The van der Waals surface area contributed by atoms with E-state index in [1.54, 1.807) is 10.9 Å². The van der Waals surface area contributed by atoms with E-state index in [2.05, 4.69) is 10.4 Å². The van der Waals surface area contributed by atoms with Crippen molar-refractivity contribution in [1.82, 2.24) is 14.7 Å². The van der Waals surface area contributed by atoms with Gasteiger partial charge in [-0.25, -0.2) is 0 Å². The summed E-state index contributed by atoms with van der Waals surface area (Å²) in [5.74, 6) is -0.253. The Labute approximate surface area is 213 Å². The van der Waals surface area contributed by atoms with Crippen LogP contribution >= 0.6 is 0 Å². The zero-order valence-electron chi connectivity index (χ0n) is 20.9. The third-order valence-corrected chi connectivity index (χ3v) is 6.43. The number of hydrogen-bond donors (Lipinski definition) is 1. The minimum absolute atomic E-state index is 0.0401. The molecule has 0 bridgehead atoms. The molecule has 7 nitrogen and oxygen atoms in total. The summed E-state index contributed by atoms with van der Waals surface area (Å²) >= 11 is 0. The Balaban J connectivity index is 1.31. The number of ether oxygens (including phenoxy) is 1. The van der Waals surface area contributed by atoms with Crippen molar-refractivity contribution in [3.63, 3.8) is 0 Å². The molecule has 0 spiro atoms. The molecule has 1 aliphatic heterocycles. The first-order chi connectivity index (χ1) is 17.5. The van der Waals surface area contributed by atoms with E-state index in [-0.39, 0.29) is 24.1 Å². The van der Waals surface area contributed by atoms with E-state index in [1.165, 1.54) is 29.3 Å². The van der Waals surface area contributed by atoms with Crippen LogP contribution < -0.4 is 10.1 Å². The van der Waals surface area contributed by atoms with Gasteiger partial charge in [0.25, 0.3) is 11.8 Å². The van der Waals surface area contributed by atoms with Crippen molar-refractivity contribution in [3.8, 4) is 5.75 Å². The molecule has 0 atom stereocenters. The highest BCUT2D eigenvalue weighted by Crippen LogP contribution is 2.33. The van der Waals surface area contributed by atoms with Gasteiger partial charge in [-0.15, -0.1) is 0 Å². The van der Waals surface area contributed by atoms with Crippen LogP contribution in [-0.2, 0) is 11.0 Å². The third kappa shape index (κ3) is 6.12. The number of hydrogen-bond acceptors (Lipinski definition) is 4. The molecule has 0 aliphatic carbocycles. The lowest BCUT2D eigenvalue weighted by atomic mass is 10.0. The summed E-state index contributed by atoms with van der Waals surface area (Å²) in [5.41, 5.74) is 2.31. The monoisotopic (exact) mass is 514 g/mol. The van der Waals surface area contributed by atoms with E-state index in [0.717, 1.165) is 22.8 Å². The number of nitrogens with one attached hydrogen (secondary N) is 1. The summed E-state index contributed by atoms with van der Waals surface area (Å²) in [7, 11) is 0. The molecule has 1 saturated heterocycles. The first-order valence-electron chi connectivity index (χ1n) is 12.0. The first-order valence-corrected chi connectivity index (χ1v) is 12.0. The Bertz CT molecular complexity index is 1270. The lowest BCUT2D eigenvalue weighted by molar-refractivity contribution is -0.138. The highest BCUT2D eigenvalue weighted by molar-refractivity contribution is 5.96. The normalized spacial score (nSPS) is 14.5. The number of benzene rings is 2. The topological polar surface area (TPSA) is 76.5 Å². The Hall–Kier alpha value is -3.82. The number of aryl methyl sites for hydroxylation is 3. The number of carbonyl (C=O) groups excluding carboxylic acids is 2. The standard InChI is InChI=1S/C27H29F3N4O3/c1-17-12-18(2)25(19(3)13-17)37-16-24(35)32-20-14-31-34(15-20)21-8-10-33(11-9-21)26(36)22-6-4-5-7-23(22)27(28,29)30/h4-7,12-15,21H,8-11,16H2,1-3H3,(H,32,35). The number of nitrogens with zero attached hydrogens (tertiary/aromatic N) is 3. The highest BCUT2D eigenvalue weighted by atomic mass is 19.4. The Morgan fingerprint density at radius 3 is 2.38 bits per heavy atom. The number of rotatable bonds is 6. The lowest BCUT2D eigenvalue weighted by Crippen LogP contribution is -2.39. The van der Waals surface area contributed by atoms with Crippen molar-refractivity contribution in [2.24, 2.45) is 0 Å². The molecule has 1 aromatic heterocycles. The number of piperidine rings is 1. The molecule has 1 fully saturated rings. The number of amides is 2. The molecule has 3 aromatic rings.